The van der Waals surface area contributed by atoms with Crippen molar-refractivity contribution < 1.29 is 18.6 Å². The highest BCUT2D eigenvalue weighted by molar-refractivity contribution is 7.94. The van der Waals surface area contributed by atoms with Crippen molar-refractivity contribution in [3.05, 3.63) is 29.2 Å². The zero-order valence-corrected chi connectivity index (χ0v) is 12.8. The quantitative estimate of drug-likeness (QED) is 0.789. The Kier molecular flexibility index (Phi) is 5.28. The van der Waals surface area contributed by atoms with Crippen LogP contribution < -0.4 is 0 Å². The van der Waals surface area contributed by atoms with Crippen LogP contribution >= 0.6 is 0 Å². The van der Waals surface area contributed by atoms with Gasteiger partial charge in [0.2, 0.25) is 0 Å². The number of aromatic hydroxyl groups is 2. The second-order valence-electron chi connectivity index (χ2n) is 5.71. The standard InChI is InChI=1S/C16H22O4S/c17-15-8-7-14(12-16(15)18)9-11-21(19,20)10-3-6-13-4-1-2-5-13/h7-9,11-13,17-18H,1-6,10H2/b11-9+. The Labute approximate surface area is 126 Å². The lowest BCUT2D eigenvalue weighted by atomic mass is 10.0. The first-order valence-corrected chi connectivity index (χ1v) is 9.11. The molecule has 1 aliphatic rings. The Morgan fingerprint density at radius 2 is 1.86 bits per heavy atom. The van der Waals surface area contributed by atoms with Crippen molar-refractivity contribution in [2.75, 3.05) is 5.75 Å². The fourth-order valence-electron chi connectivity index (χ4n) is 2.77. The van der Waals surface area contributed by atoms with Gasteiger partial charge in [0, 0.05) is 5.41 Å². The first-order valence-electron chi connectivity index (χ1n) is 7.39. The van der Waals surface area contributed by atoms with E-state index in [4.69, 9.17) is 0 Å². The van der Waals surface area contributed by atoms with E-state index in [1.54, 1.807) is 6.07 Å². The molecule has 0 unspecified atom stereocenters. The van der Waals surface area contributed by atoms with Crippen LogP contribution in [0, 0.1) is 5.92 Å². The van der Waals surface area contributed by atoms with Crippen LogP contribution in [0.25, 0.3) is 6.08 Å². The minimum atomic E-state index is -3.22. The minimum Gasteiger partial charge on any atom is -0.504 e. The highest BCUT2D eigenvalue weighted by Crippen LogP contribution is 2.29. The summed E-state index contributed by atoms with van der Waals surface area (Å²) in [6.07, 6.45) is 8.18. The van der Waals surface area contributed by atoms with Crippen molar-refractivity contribution in [2.45, 2.75) is 38.5 Å². The first kappa shape index (κ1) is 15.9. The summed E-state index contributed by atoms with van der Waals surface area (Å²) in [5, 5.41) is 19.7. The van der Waals surface area contributed by atoms with Gasteiger partial charge >= 0.3 is 0 Å². The molecule has 0 radical (unpaired) electrons. The topological polar surface area (TPSA) is 74.6 Å². The predicted octanol–water partition coefficient (Wildman–Crippen LogP) is 3.45. The van der Waals surface area contributed by atoms with Crippen molar-refractivity contribution in [2.24, 2.45) is 5.92 Å². The molecule has 0 bridgehead atoms. The fraction of sp³-hybridized carbons (Fsp3) is 0.500. The van der Waals surface area contributed by atoms with Crippen LogP contribution in [-0.4, -0.2) is 24.4 Å². The van der Waals surface area contributed by atoms with Crippen molar-refractivity contribution >= 4 is 15.9 Å². The van der Waals surface area contributed by atoms with Gasteiger partial charge in [-0.05, 0) is 42.5 Å². The molecular formula is C16H22O4S. The van der Waals surface area contributed by atoms with E-state index in [1.807, 2.05) is 0 Å². The van der Waals surface area contributed by atoms with E-state index in [-0.39, 0.29) is 17.3 Å². The normalized spacial score (nSPS) is 16.8. The van der Waals surface area contributed by atoms with E-state index in [2.05, 4.69) is 0 Å². The summed E-state index contributed by atoms with van der Waals surface area (Å²) < 4.78 is 23.9. The summed E-state index contributed by atoms with van der Waals surface area (Å²) in [5.74, 6) is 0.407. The summed E-state index contributed by atoms with van der Waals surface area (Å²) in [6.45, 7) is 0. The number of sulfone groups is 1. The minimum absolute atomic E-state index is 0.171. The van der Waals surface area contributed by atoms with E-state index in [0.717, 1.165) is 6.42 Å². The molecular weight excluding hydrogens is 288 g/mol. The summed E-state index contributed by atoms with van der Waals surface area (Å²) in [5.41, 5.74) is 0.546. The van der Waals surface area contributed by atoms with Crippen LogP contribution in [0.5, 0.6) is 11.5 Å². The van der Waals surface area contributed by atoms with Gasteiger partial charge in [0.15, 0.2) is 21.3 Å². The predicted molar refractivity (Wildman–Crippen MR) is 83.8 cm³/mol. The molecule has 0 saturated heterocycles. The first-order chi connectivity index (χ1) is 9.96. The smallest absolute Gasteiger partial charge is 0.171 e. The van der Waals surface area contributed by atoms with Gasteiger partial charge in [-0.15, -0.1) is 0 Å². The molecule has 0 aromatic heterocycles. The van der Waals surface area contributed by atoms with Gasteiger partial charge in [0.05, 0.1) is 5.75 Å². The molecule has 1 aromatic rings. The number of phenolic OH excluding ortho intramolecular Hbond substituents is 2. The Balaban J connectivity index is 1.87. The van der Waals surface area contributed by atoms with Gasteiger partial charge in [-0.1, -0.05) is 31.7 Å². The van der Waals surface area contributed by atoms with E-state index in [0.29, 0.717) is 17.9 Å². The van der Waals surface area contributed by atoms with Gasteiger partial charge in [-0.3, -0.25) is 0 Å². The summed E-state index contributed by atoms with van der Waals surface area (Å²) in [7, 11) is -3.22. The maximum atomic E-state index is 11.9. The lowest BCUT2D eigenvalue weighted by Crippen LogP contribution is -2.04. The van der Waals surface area contributed by atoms with Crippen molar-refractivity contribution in [3.63, 3.8) is 0 Å². The second kappa shape index (κ2) is 6.98. The van der Waals surface area contributed by atoms with Gasteiger partial charge in [0.1, 0.15) is 0 Å². The molecule has 4 nitrogen and oxygen atoms in total. The maximum absolute atomic E-state index is 11.9. The zero-order chi connectivity index (χ0) is 15.3. The SMILES string of the molecule is O=S(=O)(/C=C/c1ccc(O)c(O)c1)CCCC1CCCC1. The van der Waals surface area contributed by atoms with Crippen molar-refractivity contribution in [1.29, 1.82) is 0 Å². The highest BCUT2D eigenvalue weighted by atomic mass is 32.2. The molecule has 1 fully saturated rings. The lowest BCUT2D eigenvalue weighted by molar-refractivity contribution is 0.403. The largest absolute Gasteiger partial charge is 0.504 e. The monoisotopic (exact) mass is 310 g/mol. The Hall–Kier alpha value is -1.49. The molecule has 5 heteroatoms. The Morgan fingerprint density at radius 1 is 1.14 bits per heavy atom. The van der Waals surface area contributed by atoms with Crippen LogP contribution in [-0.2, 0) is 9.84 Å². The molecule has 2 N–H and O–H groups in total. The number of hydrogen-bond donors (Lipinski definition) is 2. The number of benzene rings is 1. The average molecular weight is 310 g/mol. The summed E-state index contributed by atoms with van der Waals surface area (Å²) >= 11 is 0. The number of hydrogen-bond acceptors (Lipinski definition) is 4. The van der Waals surface area contributed by atoms with E-state index >= 15 is 0 Å². The van der Waals surface area contributed by atoms with E-state index in [1.165, 1.54) is 49.3 Å². The molecule has 1 aromatic carbocycles. The van der Waals surface area contributed by atoms with Crippen LogP contribution in [0.4, 0.5) is 0 Å². The van der Waals surface area contributed by atoms with Gasteiger partial charge in [0.25, 0.3) is 0 Å². The third-order valence-corrected chi connectivity index (χ3v) is 5.39. The van der Waals surface area contributed by atoms with Gasteiger partial charge < -0.3 is 10.2 Å². The average Bonchev–Trinajstić information content (AvgIpc) is 2.93. The molecule has 21 heavy (non-hydrogen) atoms. The third kappa shape index (κ3) is 5.08. The van der Waals surface area contributed by atoms with Crippen molar-refractivity contribution in [3.8, 4) is 11.5 Å². The second-order valence-corrected chi connectivity index (χ2v) is 7.72. The number of rotatable bonds is 6. The number of phenols is 2. The Bertz CT molecular complexity index is 599. The lowest BCUT2D eigenvalue weighted by Gasteiger charge is -2.07. The molecule has 0 aliphatic heterocycles. The molecule has 1 saturated carbocycles. The van der Waals surface area contributed by atoms with Crippen LogP contribution in [0.15, 0.2) is 23.6 Å². The molecule has 0 spiro atoms. The third-order valence-electron chi connectivity index (χ3n) is 3.98. The van der Waals surface area contributed by atoms with Crippen molar-refractivity contribution in [1.82, 2.24) is 0 Å². The molecule has 1 aliphatic carbocycles. The van der Waals surface area contributed by atoms with Crippen LogP contribution in [0.2, 0.25) is 0 Å². The molecule has 2 rings (SSSR count). The molecule has 116 valence electrons. The molecule has 0 heterocycles. The highest BCUT2D eigenvalue weighted by Gasteiger charge is 2.15. The van der Waals surface area contributed by atoms with Gasteiger partial charge in [-0.2, -0.15) is 0 Å². The van der Waals surface area contributed by atoms with Crippen LogP contribution in [0.1, 0.15) is 44.1 Å². The molecule has 0 amide bonds. The van der Waals surface area contributed by atoms with E-state index < -0.39 is 9.84 Å². The summed E-state index contributed by atoms with van der Waals surface area (Å²) in [4.78, 5) is 0. The molecule has 0 atom stereocenters. The zero-order valence-electron chi connectivity index (χ0n) is 12.0. The summed E-state index contributed by atoms with van der Waals surface area (Å²) in [6, 6.07) is 4.22. The van der Waals surface area contributed by atoms with E-state index in [9.17, 15) is 18.6 Å². The van der Waals surface area contributed by atoms with Crippen LogP contribution in [0.3, 0.4) is 0 Å². The fourth-order valence-corrected chi connectivity index (χ4v) is 3.84. The maximum Gasteiger partial charge on any atom is 0.171 e. The Morgan fingerprint density at radius 3 is 2.52 bits per heavy atom. The van der Waals surface area contributed by atoms with Gasteiger partial charge in [-0.25, -0.2) is 8.42 Å².